The minimum absolute atomic E-state index is 0.0692. The first-order chi connectivity index (χ1) is 9.19. The Morgan fingerprint density at radius 3 is 2.89 bits per heavy atom. The van der Waals surface area contributed by atoms with Gasteiger partial charge in [-0.1, -0.05) is 12.1 Å². The van der Waals surface area contributed by atoms with Crippen LogP contribution in [0.3, 0.4) is 0 Å². The average molecular weight is 259 g/mol. The van der Waals surface area contributed by atoms with Gasteiger partial charge in [0, 0.05) is 31.6 Å². The van der Waals surface area contributed by atoms with E-state index >= 15 is 0 Å². The highest BCUT2D eigenvalue weighted by Gasteiger charge is 2.34. The van der Waals surface area contributed by atoms with Crippen LogP contribution in [0.15, 0.2) is 18.2 Å². The monoisotopic (exact) mass is 259 g/mol. The molecule has 2 aliphatic heterocycles. The largest absolute Gasteiger partial charge is 0.354 e. The molecule has 2 heterocycles. The zero-order valence-electron chi connectivity index (χ0n) is 10.7. The molecule has 0 aromatic heterocycles. The molecule has 1 atom stereocenters. The Morgan fingerprint density at radius 1 is 1.37 bits per heavy atom. The lowest BCUT2D eigenvalue weighted by Crippen LogP contribution is -2.48. The quantitative estimate of drug-likeness (QED) is 0.806. The molecular formula is C14H17N3O2. The summed E-state index contributed by atoms with van der Waals surface area (Å²) in [7, 11) is 0. The van der Waals surface area contributed by atoms with Crippen molar-refractivity contribution >= 4 is 11.8 Å². The summed E-state index contributed by atoms with van der Waals surface area (Å²) in [5.74, 6) is 0.144. The van der Waals surface area contributed by atoms with Crippen molar-refractivity contribution in [3.05, 3.63) is 34.9 Å². The number of hydrogen-bond donors (Lipinski definition) is 2. The van der Waals surface area contributed by atoms with Gasteiger partial charge in [-0.3, -0.25) is 9.59 Å². The van der Waals surface area contributed by atoms with Crippen molar-refractivity contribution in [3.8, 4) is 0 Å². The Hall–Kier alpha value is -1.88. The Labute approximate surface area is 111 Å². The Bertz CT molecular complexity index is 531. The van der Waals surface area contributed by atoms with E-state index in [4.69, 9.17) is 5.73 Å². The number of nitrogens with two attached hydrogens (primary N) is 1. The number of benzene rings is 1. The Kier molecular flexibility index (Phi) is 2.98. The molecule has 1 unspecified atom stereocenters. The smallest absolute Gasteiger partial charge is 0.254 e. The van der Waals surface area contributed by atoms with Gasteiger partial charge in [-0.2, -0.15) is 0 Å². The van der Waals surface area contributed by atoms with Crippen molar-refractivity contribution in [1.29, 1.82) is 0 Å². The lowest BCUT2D eigenvalue weighted by Gasteiger charge is -2.31. The molecule has 5 heteroatoms. The van der Waals surface area contributed by atoms with Crippen LogP contribution < -0.4 is 11.1 Å². The van der Waals surface area contributed by atoms with Crippen LogP contribution in [0.4, 0.5) is 0 Å². The number of carbonyl (C=O) groups excluding carboxylic acids is 2. The van der Waals surface area contributed by atoms with E-state index in [1.54, 1.807) is 0 Å². The molecular weight excluding hydrogens is 242 g/mol. The molecule has 1 aromatic carbocycles. The van der Waals surface area contributed by atoms with E-state index in [-0.39, 0.29) is 17.9 Å². The van der Waals surface area contributed by atoms with Gasteiger partial charge in [0.2, 0.25) is 5.91 Å². The van der Waals surface area contributed by atoms with Crippen LogP contribution in [0.25, 0.3) is 0 Å². The van der Waals surface area contributed by atoms with Crippen molar-refractivity contribution < 1.29 is 9.59 Å². The third-order valence-electron chi connectivity index (χ3n) is 3.92. The second kappa shape index (κ2) is 4.66. The number of nitrogens with zero attached hydrogens (tertiary/aromatic N) is 1. The first kappa shape index (κ1) is 12.2. The fourth-order valence-electron chi connectivity index (χ4n) is 2.80. The minimum atomic E-state index is 0.0692. The third kappa shape index (κ3) is 2.10. The summed E-state index contributed by atoms with van der Waals surface area (Å²) in [6, 6.07) is 5.89. The highest BCUT2D eigenvalue weighted by molar-refractivity contribution is 5.98. The maximum Gasteiger partial charge on any atom is 0.254 e. The van der Waals surface area contributed by atoms with Crippen molar-refractivity contribution in [2.75, 3.05) is 6.54 Å². The molecule has 2 aliphatic rings. The molecule has 1 saturated heterocycles. The lowest BCUT2D eigenvalue weighted by atomic mass is 10.1. The third-order valence-corrected chi connectivity index (χ3v) is 3.92. The number of nitrogens with one attached hydrogen (secondary N) is 1. The van der Waals surface area contributed by atoms with E-state index in [2.05, 4.69) is 5.32 Å². The lowest BCUT2D eigenvalue weighted by molar-refractivity contribution is -0.123. The highest BCUT2D eigenvalue weighted by atomic mass is 16.2. The molecule has 3 rings (SSSR count). The molecule has 0 aliphatic carbocycles. The van der Waals surface area contributed by atoms with Crippen molar-refractivity contribution in [3.63, 3.8) is 0 Å². The standard InChI is InChI=1S/C14H17N3O2/c15-6-9-1-3-12-10(5-9)8-17(14(12)19)11-2-4-13(18)16-7-11/h1,3,5,11H,2,4,6-8,15H2,(H,16,18). The average Bonchev–Trinajstić information content (AvgIpc) is 2.76. The number of piperidine rings is 1. The topological polar surface area (TPSA) is 75.4 Å². The van der Waals surface area contributed by atoms with Gasteiger partial charge in [-0.15, -0.1) is 0 Å². The van der Waals surface area contributed by atoms with Crippen LogP contribution in [0.1, 0.15) is 34.3 Å². The van der Waals surface area contributed by atoms with Crippen LogP contribution in [-0.2, 0) is 17.9 Å². The molecule has 3 N–H and O–H groups in total. The molecule has 0 radical (unpaired) electrons. The molecule has 0 bridgehead atoms. The van der Waals surface area contributed by atoms with Gasteiger partial charge >= 0.3 is 0 Å². The normalized spacial score (nSPS) is 22.4. The molecule has 100 valence electrons. The molecule has 1 fully saturated rings. The van der Waals surface area contributed by atoms with Crippen LogP contribution >= 0.6 is 0 Å². The Balaban J connectivity index is 1.80. The van der Waals surface area contributed by atoms with E-state index in [1.807, 2.05) is 23.1 Å². The second-order valence-corrected chi connectivity index (χ2v) is 5.13. The molecule has 19 heavy (non-hydrogen) atoms. The van der Waals surface area contributed by atoms with E-state index < -0.39 is 0 Å². The summed E-state index contributed by atoms with van der Waals surface area (Å²) in [6.07, 6.45) is 1.24. The minimum Gasteiger partial charge on any atom is -0.354 e. The van der Waals surface area contributed by atoms with Crippen molar-refractivity contribution in [2.45, 2.75) is 32.0 Å². The van der Waals surface area contributed by atoms with Crippen LogP contribution in [-0.4, -0.2) is 29.3 Å². The van der Waals surface area contributed by atoms with Gasteiger partial charge in [0.05, 0.1) is 6.04 Å². The van der Waals surface area contributed by atoms with Crippen molar-refractivity contribution in [2.24, 2.45) is 5.73 Å². The highest BCUT2D eigenvalue weighted by Crippen LogP contribution is 2.27. The van der Waals surface area contributed by atoms with Gasteiger partial charge in [-0.25, -0.2) is 0 Å². The number of rotatable bonds is 2. The predicted octanol–water partition coefficient (Wildman–Crippen LogP) is 0.380. The molecule has 0 saturated carbocycles. The van der Waals surface area contributed by atoms with Gasteiger partial charge < -0.3 is 16.0 Å². The molecule has 1 aromatic rings. The molecule has 5 nitrogen and oxygen atoms in total. The maximum absolute atomic E-state index is 12.4. The predicted molar refractivity (Wildman–Crippen MR) is 70.2 cm³/mol. The van der Waals surface area contributed by atoms with Gasteiger partial charge in [-0.05, 0) is 23.6 Å². The van der Waals surface area contributed by atoms with E-state index in [1.165, 1.54) is 0 Å². The summed E-state index contributed by atoms with van der Waals surface area (Å²) < 4.78 is 0. The SMILES string of the molecule is NCc1ccc2c(c1)CN(C1CCC(=O)NC1)C2=O. The van der Waals surface area contributed by atoms with Crippen LogP contribution in [0, 0.1) is 0 Å². The zero-order chi connectivity index (χ0) is 13.4. The number of carbonyl (C=O) groups is 2. The number of hydrogen-bond acceptors (Lipinski definition) is 3. The first-order valence-electron chi connectivity index (χ1n) is 6.58. The van der Waals surface area contributed by atoms with Gasteiger partial charge in [0.1, 0.15) is 0 Å². The summed E-state index contributed by atoms with van der Waals surface area (Å²) in [4.78, 5) is 25.4. The molecule has 2 amide bonds. The summed E-state index contributed by atoms with van der Waals surface area (Å²) in [6.45, 7) is 1.67. The van der Waals surface area contributed by atoms with Crippen LogP contribution in [0.5, 0.6) is 0 Å². The maximum atomic E-state index is 12.4. The van der Waals surface area contributed by atoms with E-state index in [9.17, 15) is 9.59 Å². The number of amides is 2. The van der Waals surface area contributed by atoms with Gasteiger partial charge in [0.15, 0.2) is 0 Å². The first-order valence-corrected chi connectivity index (χ1v) is 6.58. The van der Waals surface area contributed by atoms with Crippen molar-refractivity contribution in [1.82, 2.24) is 10.2 Å². The fourth-order valence-corrected chi connectivity index (χ4v) is 2.80. The van der Waals surface area contributed by atoms with Crippen LogP contribution in [0.2, 0.25) is 0 Å². The second-order valence-electron chi connectivity index (χ2n) is 5.13. The fraction of sp³-hybridized carbons (Fsp3) is 0.429. The van der Waals surface area contributed by atoms with Gasteiger partial charge in [0.25, 0.3) is 5.91 Å². The Morgan fingerprint density at radius 2 is 2.21 bits per heavy atom. The number of fused-ring (bicyclic) bond motifs is 1. The summed E-state index contributed by atoms with van der Waals surface area (Å²) in [5, 5.41) is 2.83. The van der Waals surface area contributed by atoms with E-state index in [0.29, 0.717) is 26.1 Å². The summed E-state index contributed by atoms with van der Waals surface area (Å²) in [5.41, 5.74) is 8.49. The molecule has 0 spiro atoms. The zero-order valence-corrected chi connectivity index (χ0v) is 10.7. The summed E-state index contributed by atoms with van der Waals surface area (Å²) >= 11 is 0. The van der Waals surface area contributed by atoms with E-state index in [0.717, 1.165) is 23.1 Å².